The van der Waals surface area contributed by atoms with Crippen molar-refractivity contribution in [3.63, 3.8) is 0 Å². The van der Waals surface area contributed by atoms with Gasteiger partial charge in [0.1, 0.15) is 11.6 Å². The van der Waals surface area contributed by atoms with E-state index in [2.05, 4.69) is 37.4 Å². The van der Waals surface area contributed by atoms with Crippen LogP contribution in [0.3, 0.4) is 0 Å². The summed E-state index contributed by atoms with van der Waals surface area (Å²) in [5, 5.41) is 8.30. The van der Waals surface area contributed by atoms with Crippen molar-refractivity contribution in [1.82, 2.24) is 14.6 Å². The predicted octanol–water partition coefficient (Wildman–Crippen LogP) is 5.38. The van der Waals surface area contributed by atoms with Crippen LogP contribution in [0.5, 0.6) is 5.75 Å². The van der Waals surface area contributed by atoms with E-state index in [4.69, 9.17) is 14.8 Å². The van der Waals surface area contributed by atoms with Gasteiger partial charge < -0.3 is 10.1 Å². The monoisotopic (exact) mass is 372 g/mol. The van der Waals surface area contributed by atoms with Crippen molar-refractivity contribution in [1.29, 1.82) is 0 Å². The molecule has 142 valence electrons. The Hall–Kier alpha value is -3.34. The molecule has 0 saturated carbocycles. The minimum atomic E-state index is 0.813. The molecule has 4 rings (SSSR count). The smallest absolute Gasteiger partial charge is 0.165 e. The highest BCUT2D eigenvalue weighted by Gasteiger charge is 2.18. The Morgan fingerprint density at radius 3 is 2.36 bits per heavy atom. The zero-order chi connectivity index (χ0) is 19.8. The van der Waals surface area contributed by atoms with Crippen molar-refractivity contribution in [3.05, 3.63) is 71.0 Å². The van der Waals surface area contributed by atoms with Crippen molar-refractivity contribution < 1.29 is 4.74 Å². The second kappa shape index (κ2) is 7.00. The SMILES string of the molecule is COc1ccccc1-c1c(C)nn2c(Nc3cc(C)cc(C)c3)cc(C)nc12. The molecule has 0 amide bonds. The Balaban J connectivity index is 1.91. The fourth-order valence-electron chi connectivity index (χ4n) is 3.69. The lowest BCUT2D eigenvalue weighted by Gasteiger charge is -2.12. The topological polar surface area (TPSA) is 51.5 Å². The molecule has 2 aromatic carbocycles. The van der Waals surface area contributed by atoms with Crippen LogP contribution in [0.2, 0.25) is 0 Å². The van der Waals surface area contributed by atoms with Gasteiger partial charge in [0, 0.05) is 23.0 Å². The second-order valence-electron chi connectivity index (χ2n) is 7.18. The number of rotatable bonds is 4. The molecule has 2 heterocycles. The molecule has 0 bridgehead atoms. The number of aromatic nitrogens is 3. The van der Waals surface area contributed by atoms with Gasteiger partial charge in [0.25, 0.3) is 0 Å². The van der Waals surface area contributed by atoms with Crippen molar-refractivity contribution >= 4 is 17.2 Å². The Labute approximate surface area is 165 Å². The van der Waals surface area contributed by atoms with Gasteiger partial charge in [-0.25, -0.2) is 4.98 Å². The molecular weight excluding hydrogens is 348 g/mol. The Morgan fingerprint density at radius 1 is 0.929 bits per heavy atom. The summed E-state index contributed by atoms with van der Waals surface area (Å²) >= 11 is 0. The zero-order valence-corrected chi connectivity index (χ0v) is 16.9. The van der Waals surface area contributed by atoms with E-state index in [1.807, 2.05) is 48.7 Å². The van der Waals surface area contributed by atoms with Gasteiger partial charge in [-0.3, -0.25) is 0 Å². The summed E-state index contributed by atoms with van der Waals surface area (Å²) in [6.45, 7) is 8.21. The largest absolute Gasteiger partial charge is 0.496 e. The van der Waals surface area contributed by atoms with Gasteiger partial charge in [-0.05, 0) is 57.0 Å². The van der Waals surface area contributed by atoms with E-state index in [0.717, 1.165) is 45.4 Å². The summed E-state index contributed by atoms with van der Waals surface area (Å²) in [6, 6.07) is 16.4. The molecule has 28 heavy (non-hydrogen) atoms. The maximum atomic E-state index is 5.58. The second-order valence-corrected chi connectivity index (χ2v) is 7.18. The van der Waals surface area contributed by atoms with Crippen LogP contribution in [-0.2, 0) is 0 Å². The summed E-state index contributed by atoms with van der Waals surface area (Å²) in [7, 11) is 1.69. The normalized spacial score (nSPS) is 11.0. The van der Waals surface area contributed by atoms with E-state index >= 15 is 0 Å². The highest BCUT2D eigenvalue weighted by Crippen LogP contribution is 2.35. The van der Waals surface area contributed by atoms with Gasteiger partial charge >= 0.3 is 0 Å². The molecule has 1 N–H and O–H groups in total. The molecule has 0 saturated heterocycles. The number of benzene rings is 2. The maximum Gasteiger partial charge on any atom is 0.165 e. The molecular formula is C23H24N4O. The number of aryl methyl sites for hydroxylation is 4. The Bertz CT molecular complexity index is 1160. The lowest BCUT2D eigenvalue weighted by Crippen LogP contribution is -2.03. The number of ether oxygens (including phenoxy) is 1. The summed E-state index contributed by atoms with van der Waals surface area (Å²) in [4.78, 5) is 4.79. The summed E-state index contributed by atoms with van der Waals surface area (Å²) < 4.78 is 7.45. The fourth-order valence-corrected chi connectivity index (χ4v) is 3.69. The van der Waals surface area contributed by atoms with Crippen molar-refractivity contribution in [2.75, 3.05) is 12.4 Å². The minimum Gasteiger partial charge on any atom is -0.496 e. The third-order valence-electron chi connectivity index (χ3n) is 4.76. The molecule has 4 aromatic rings. The Morgan fingerprint density at radius 2 is 1.64 bits per heavy atom. The molecule has 0 spiro atoms. The molecule has 0 fully saturated rings. The molecule has 0 atom stereocenters. The van der Waals surface area contributed by atoms with Crippen LogP contribution in [-0.4, -0.2) is 21.7 Å². The first-order valence-electron chi connectivity index (χ1n) is 9.32. The van der Waals surface area contributed by atoms with Crippen LogP contribution in [0.15, 0.2) is 48.5 Å². The van der Waals surface area contributed by atoms with Crippen LogP contribution < -0.4 is 10.1 Å². The number of hydrogen-bond donors (Lipinski definition) is 1. The first-order valence-corrected chi connectivity index (χ1v) is 9.32. The van der Waals surface area contributed by atoms with E-state index in [-0.39, 0.29) is 0 Å². The lowest BCUT2D eigenvalue weighted by molar-refractivity contribution is 0.416. The Kier molecular flexibility index (Phi) is 4.51. The van der Waals surface area contributed by atoms with Crippen LogP contribution in [0.4, 0.5) is 11.5 Å². The summed E-state index contributed by atoms with van der Waals surface area (Å²) in [6.07, 6.45) is 0. The van der Waals surface area contributed by atoms with Crippen molar-refractivity contribution in [2.45, 2.75) is 27.7 Å². The van der Waals surface area contributed by atoms with Crippen LogP contribution in [0.25, 0.3) is 16.8 Å². The average Bonchev–Trinajstić information content (AvgIpc) is 2.96. The van der Waals surface area contributed by atoms with Gasteiger partial charge in [0.2, 0.25) is 0 Å². The molecule has 0 radical (unpaired) electrons. The first kappa shape index (κ1) is 18.0. The summed E-state index contributed by atoms with van der Waals surface area (Å²) in [5.41, 5.74) is 8.11. The quantitative estimate of drug-likeness (QED) is 0.522. The zero-order valence-electron chi connectivity index (χ0n) is 16.9. The van der Waals surface area contributed by atoms with Crippen molar-refractivity contribution in [2.24, 2.45) is 0 Å². The molecule has 5 heteroatoms. The number of para-hydroxylation sites is 1. The maximum absolute atomic E-state index is 5.58. The molecule has 0 aliphatic carbocycles. The third-order valence-corrected chi connectivity index (χ3v) is 4.76. The molecule has 5 nitrogen and oxygen atoms in total. The van der Waals surface area contributed by atoms with Crippen LogP contribution >= 0.6 is 0 Å². The molecule has 0 unspecified atom stereocenters. The van der Waals surface area contributed by atoms with Crippen molar-refractivity contribution in [3.8, 4) is 16.9 Å². The van der Waals surface area contributed by atoms with Crippen LogP contribution in [0, 0.1) is 27.7 Å². The standard InChI is InChI=1S/C23H24N4O/c1-14-10-15(2)12-18(11-14)25-21-13-16(3)24-23-22(17(4)26-27(21)23)19-8-6-7-9-20(19)28-5/h6-13,25H,1-5H3. The van der Waals surface area contributed by atoms with E-state index in [1.54, 1.807) is 7.11 Å². The van der Waals surface area contributed by atoms with Gasteiger partial charge in [-0.15, -0.1) is 0 Å². The number of anilines is 2. The fraction of sp³-hybridized carbons (Fsp3) is 0.217. The van der Waals surface area contributed by atoms with Gasteiger partial charge in [-0.2, -0.15) is 9.61 Å². The lowest BCUT2D eigenvalue weighted by atomic mass is 10.1. The highest BCUT2D eigenvalue weighted by molar-refractivity contribution is 5.84. The molecule has 2 aromatic heterocycles. The van der Waals surface area contributed by atoms with Gasteiger partial charge in [0.15, 0.2) is 5.65 Å². The van der Waals surface area contributed by atoms with Gasteiger partial charge in [0.05, 0.1) is 18.4 Å². The van der Waals surface area contributed by atoms with E-state index in [9.17, 15) is 0 Å². The number of nitrogens with zero attached hydrogens (tertiary/aromatic N) is 3. The number of nitrogens with one attached hydrogen (secondary N) is 1. The van der Waals surface area contributed by atoms with Gasteiger partial charge in [-0.1, -0.05) is 24.3 Å². The van der Waals surface area contributed by atoms with E-state index in [0.29, 0.717) is 0 Å². The highest BCUT2D eigenvalue weighted by atomic mass is 16.5. The first-order chi connectivity index (χ1) is 13.5. The number of fused-ring (bicyclic) bond motifs is 1. The number of methoxy groups -OCH3 is 1. The average molecular weight is 372 g/mol. The van der Waals surface area contributed by atoms with E-state index in [1.165, 1.54) is 11.1 Å². The number of hydrogen-bond acceptors (Lipinski definition) is 4. The van der Waals surface area contributed by atoms with E-state index < -0.39 is 0 Å². The summed E-state index contributed by atoms with van der Waals surface area (Å²) in [5.74, 6) is 1.70. The molecule has 0 aliphatic heterocycles. The minimum absolute atomic E-state index is 0.813. The molecule has 0 aliphatic rings. The third kappa shape index (κ3) is 3.20. The van der Waals surface area contributed by atoms with Crippen LogP contribution in [0.1, 0.15) is 22.5 Å². The predicted molar refractivity (Wildman–Crippen MR) is 114 cm³/mol.